The van der Waals surface area contributed by atoms with Crippen LogP contribution in [-0.2, 0) is 0 Å². The van der Waals surface area contributed by atoms with Gasteiger partial charge in [0.05, 0.1) is 0 Å². The zero-order valence-electron chi connectivity index (χ0n) is 22.6. The van der Waals surface area contributed by atoms with Crippen molar-refractivity contribution in [1.82, 2.24) is 0 Å². The number of allylic oxidation sites excluding steroid dienone is 22. The molecule has 0 aromatic carbocycles. The van der Waals surface area contributed by atoms with Crippen LogP contribution in [0.15, 0.2) is 134 Å². The van der Waals surface area contributed by atoms with Crippen molar-refractivity contribution in [3.63, 3.8) is 0 Å². The molecule has 0 N–H and O–H groups in total. The Bertz CT molecular complexity index is 713. The molecule has 0 spiro atoms. The molecule has 0 saturated carbocycles. The van der Waals surface area contributed by atoms with Crippen LogP contribution >= 0.6 is 0 Å². The third kappa shape index (κ3) is 25.8. The van der Waals surface area contributed by atoms with Crippen LogP contribution in [0.25, 0.3) is 0 Å². The molecule has 0 amide bonds. The molecule has 7 aliphatic carbocycles. The zero-order valence-corrected chi connectivity index (χ0v) is 22.6. The lowest BCUT2D eigenvalue weighted by Crippen LogP contribution is -1.77. The van der Waals surface area contributed by atoms with Gasteiger partial charge in [-0.2, -0.15) is 0 Å². The van der Waals surface area contributed by atoms with Gasteiger partial charge < -0.3 is 0 Å². The summed E-state index contributed by atoms with van der Waals surface area (Å²) in [5.41, 5.74) is 0. The van der Waals surface area contributed by atoms with Gasteiger partial charge in [-0.05, 0) is 89.9 Å². The molecule has 0 nitrogen and oxygen atoms in total. The van der Waals surface area contributed by atoms with Crippen molar-refractivity contribution >= 4 is 0 Å². The summed E-state index contributed by atoms with van der Waals surface area (Å²) in [6.45, 7) is 0. The molecule has 0 heteroatoms. The second-order valence-corrected chi connectivity index (χ2v) is 8.92. The molecule has 194 valence electrons. The number of rotatable bonds is 0. The summed E-state index contributed by atoms with van der Waals surface area (Å²) in [5, 5.41) is 0. The lowest BCUT2D eigenvalue weighted by molar-refractivity contribution is 0.730. The Labute approximate surface area is 223 Å². The molecule has 0 heterocycles. The summed E-state index contributed by atoms with van der Waals surface area (Å²) in [7, 11) is 0. The smallest absolute Gasteiger partial charge is 0.0163 e. The summed E-state index contributed by atoms with van der Waals surface area (Å²) in [6, 6.07) is 0. The minimum absolute atomic E-state index is 1.14. The minimum Gasteiger partial charge on any atom is -0.0885 e. The Hall–Kier alpha value is -2.86. The molecule has 36 heavy (non-hydrogen) atoms. The van der Waals surface area contributed by atoms with Crippen LogP contribution < -0.4 is 0 Å². The molecule has 0 atom stereocenters. The normalized spacial score (nSPS) is 19.1. The summed E-state index contributed by atoms with van der Waals surface area (Å²) < 4.78 is 0. The molecule has 0 bridgehead atoms. The standard InChI is InChI=1S/C6H10.2C6H8.C5H8.C5H6.C4H6.C4H4/c3*1-2-4-6-5-3-1;2*1-2-4-5-3-1;2*1-2-4-3-1/h1-2H,3-6H2;1-2,5-6H,3-4H2;1-4H,5-6H2;1-2H,3-5H2;1-4H,5H2;1-2H,3-4H2;1-4H. The van der Waals surface area contributed by atoms with Crippen molar-refractivity contribution in [2.75, 3.05) is 0 Å². The highest BCUT2D eigenvalue weighted by molar-refractivity contribution is 5.22. The molecular weight excluding hydrogens is 432 g/mol. The summed E-state index contributed by atoms with van der Waals surface area (Å²) in [5.74, 6) is 0. The second-order valence-electron chi connectivity index (χ2n) is 8.92. The van der Waals surface area contributed by atoms with E-state index in [-0.39, 0.29) is 0 Å². The predicted octanol–water partition coefficient (Wildman–Crippen LogP) is 11.6. The summed E-state index contributed by atoms with van der Waals surface area (Å²) in [4.78, 5) is 0. The fourth-order valence-electron chi connectivity index (χ4n) is 3.10. The maximum atomic E-state index is 2.27. The average molecular weight is 483 g/mol. The fourth-order valence-corrected chi connectivity index (χ4v) is 3.10. The van der Waals surface area contributed by atoms with Crippen LogP contribution in [0.3, 0.4) is 0 Å². The first kappa shape index (κ1) is 31.2. The van der Waals surface area contributed by atoms with Crippen LogP contribution in [-0.4, -0.2) is 0 Å². The first-order valence-electron chi connectivity index (χ1n) is 14.2. The topological polar surface area (TPSA) is 0 Å². The second kappa shape index (κ2) is 28.4. The average Bonchev–Trinajstić information content (AvgIpc) is 3.66. The Morgan fingerprint density at radius 1 is 0.194 bits per heavy atom. The first-order valence-corrected chi connectivity index (χ1v) is 14.2. The largest absolute Gasteiger partial charge is 0.0885 e. The van der Waals surface area contributed by atoms with Crippen LogP contribution in [0.2, 0.25) is 0 Å². The van der Waals surface area contributed by atoms with E-state index in [0.29, 0.717) is 0 Å². The third-order valence-corrected chi connectivity index (χ3v) is 5.59. The van der Waals surface area contributed by atoms with E-state index in [1.54, 1.807) is 0 Å². The van der Waals surface area contributed by atoms with Crippen molar-refractivity contribution in [3.8, 4) is 0 Å². The van der Waals surface area contributed by atoms with E-state index in [1.807, 2.05) is 24.3 Å². The molecule has 0 radical (unpaired) electrons. The van der Waals surface area contributed by atoms with E-state index in [0.717, 1.165) is 19.3 Å². The molecule has 7 rings (SSSR count). The molecule has 0 unspecified atom stereocenters. The van der Waals surface area contributed by atoms with E-state index in [9.17, 15) is 0 Å². The van der Waals surface area contributed by atoms with Gasteiger partial charge in [0.25, 0.3) is 0 Å². The lowest BCUT2D eigenvalue weighted by Gasteiger charge is -1.97. The van der Waals surface area contributed by atoms with Crippen LogP contribution in [0, 0.1) is 0 Å². The maximum Gasteiger partial charge on any atom is -0.0163 e. The number of hydrogen-bond donors (Lipinski definition) is 0. The fraction of sp³-hybridized carbons (Fsp3) is 0.389. The van der Waals surface area contributed by atoms with Crippen molar-refractivity contribution < 1.29 is 0 Å². The molecule has 0 aromatic heterocycles. The van der Waals surface area contributed by atoms with Crippen molar-refractivity contribution in [2.45, 2.75) is 89.9 Å². The molecule has 7 aliphatic rings. The summed E-state index contributed by atoms with van der Waals surface area (Å²) in [6.07, 6.45) is 65.0. The van der Waals surface area contributed by atoms with Gasteiger partial charge >= 0.3 is 0 Å². The van der Waals surface area contributed by atoms with Crippen LogP contribution in [0.4, 0.5) is 0 Å². The predicted molar refractivity (Wildman–Crippen MR) is 165 cm³/mol. The Kier molecular flexibility index (Phi) is 24.6. The number of hydrogen-bond acceptors (Lipinski definition) is 0. The molecule has 0 fully saturated rings. The minimum atomic E-state index is 1.14. The van der Waals surface area contributed by atoms with Crippen molar-refractivity contribution in [3.05, 3.63) is 134 Å². The highest BCUT2D eigenvalue weighted by Gasteiger charge is 1.87. The quantitative estimate of drug-likeness (QED) is 0.301. The van der Waals surface area contributed by atoms with Crippen molar-refractivity contribution in [2.24, 2.45) is 0 Å². The van der Waals surface area contributed by atoms with E-state index >= 15 is 0 Å². The highest BCUT2D eigenvalue weighted by Crippen LogP contribution is 2.07. The third-order valence-electron chi connectivity index (χ3n) is 5.59. The van der Waals surface area contributed by atoms with E-state index < -0.39 is 0 Å². The van der Waals surface area contributed by atoms with Gasteiger partial charge in [-0.15, -0.1) is 0 Å². The molecule has 0 saturated heterocycles. The summed E-state index contributed by atoms with van der Waals surface area (Å²) >= 11 is 0. The van der Waals surface area contributed by atoms with Crippen molar-refractivity contribution in [1.29, 1.82) is 0 Å². The van der Waals surface area contributed by atoms with Gasteiger partial charge in [0, 0.05) is 0 Å². The van der Waals surface area contributed by atoms with E-state index in [4.69, 9.17) is 0 Å². The SMILES string of the molecule is C1=CC=C1.C1=CCC1.C1=CCC=C1.C1=CCC=CC1.C1=CCCC1.C1=CCCC=C1.C1=CCCCC1. The van der Waals surface area contributed by atoms with Gasteiger partial charge in [-0.3, -0.25) is 0 Å². The first-order chi connectivity index (χ1) is 18.0. The Balaban J connectivity index is 0.000000211. The van der Waals surface area contributed by atoms with Crippen LogP contribution in [0.1, 0.15) is 89.9 Å². The Morgan fingerprint density at radius 2 is 0.500 bits per heavy atom. The van der Waals surface area contributed by atoms with Gasteiger partial charge in [-0.1, -0.05) is 134 Å². The van der Waals surface area contributed by atoms with Gasteiger partial charge in [-0.25, -0.2) is 0 Å². The van der Waals surface area contributed by atoms with Gasteiger partial charge in [0.1, 0.15) is 0 Å². The van der Waals surface area contributed by atoms with Gasteiger partial charge in [0.2, 0.25) is 0 Å². The monoisotopic (exact) mass is 482 g/mol. The molecule has 0 aromatic rings. The molecular formula is C36H50. The zero-order chi connectivity index (χ0) is 25.5. The van der Waals surface area contributed by atoms with Gasteiger partial charge in [0.15, 0.2) is 0 Å². The maximum absolute atomic E-state index is 2.27. The Morgan fingerprint density at radius 3 is 0.639 bits per heavy atom. The van der Waals surface area contributed by atoms with E-state index in [2.05, 4.69) is 109 Å². The highest BCUT2D eigenvalue weighted by atomic mass is 13.9. The van der Waals surface area contributed by atoms with E-state index in [1.165, 1.54) is 70.6 Å². The van der Waals surface area contributed by atoms with Crippen LogP contribution in [0.5, 0.6) is 0 Å². The molecule has 0 aliphatic heterocycles. The lowest BCUT2D eigenvalue weighted by atomic mass is 10.1.